The minimum absolute atomic E-state index is 0. The fourth-order valence-electron chi connectivity index (χ4n) is 2.05. The van der Waals surface area contributed by atoms with E-state index in [1.54, 1.807) is 0 Å². The summed E-state index contributed by atoms with van der Waals surface area (Å²) >= 11 is 0. The number of nitro groups is 1. The second-order valence-electron chi connectivity index (χ2n) is 4.34. The maximum atomic E-state index is 13.2. The summed E-state index contributed by atoms with van der Waals surface area (Å²) in [5.41, 5.74) is 5.39. The van der Waals surface area contributed by atoms with Crippen LogP contribution in [0.5, 0.6) is 5.75 Å². The fraction of sp³-hybridized carbons (Fsp3) is 0.455. The van der Waals surface area contributed by atoms with Crippen LogP contribution in [0.25, 0.3) is 0 Å². The summed E-state index contributed by atoms with van der Waals surface area (Å²) in [5.74, 6) is -1.10. The van der Waals surface area contributed by atoms with Gasteiger partial charge in [-0.2, -0.15) is 0 Å². The second-order valence-corrected chi connectivity index (χ2v) is 4.34. The van der Waals surface area contributed by atoms with Gasteiger partial charge >= 0.3 is 5.69 Å². The van der Waals surface area contributed by atoms with Crippen molar-refractivity contribution in [1.29, 1.82) is 0 Å². The Bertz CT molecular complexity index is 466. The highest BCUT2D eigenvalue weighted by Gasteiger charge is 2.30. The molecule has 5 nitrogen and oxygen atoms in total. The SMILES string of the molecule is Cl.N[C@H](c1cc(F)cc([N+](=O)[O-])c1O)C1CCC1. The van der Waals surface area contributed by atoms with Crippen molar-refractivity contribution in [3.63, 3.8) is 0 Å². The van der Waals surface area contributed by atoms with Crippen LogP contribution < -0.4 is 5.73 Å². The lowest BCUT2D eigenvalue weighted by molar-refractivity contribution is -0.386. The molecule has 2 rings (SSSR count). The quantitative estimate of drug-likeness (QED) is 0.656. The van der Waals surface area contributed by atoms with E-state index >= 15 is 0 Å². The molecule has 7 heteroatoms. The van der Waals surface area contributed by atoms with E-state index in [-0.39, 0.29) is 23.9 Å². The van der Waals surface area contributed by atoms with Crippen molar-refractivity contribution < 1.29 is 14.4 Å². The third-order valence-corrected chi connectivity index (χ3v) is 3.30. The lowest BCUT2D eigenvalue weighted by Crippen LogP contribution is -2.27. The summed E-state index contributed by atoms with van der Waals surface area (Å²) in [7, 11) is 0. The molecule has 1 atom stereocenters. The number of nitrogens with zero attached hydrogens (tertiary/aromatic N) is 1. The average Bonchev–Trinajstić information content (AvgIpc) is 2.17. The minimum Gasteiger partial charge on any atom is -0.502 e. The molecule has 18 heavy (non-hydrogen) atoms. The molecular weight excluding hydrogens is 263 g/mol. The largest absolute Gasteiger partial charge is 0.502 e. The van der Waals surface area contributed by atoms with Crippen LogP contribution in [0.3, 0.4) is 0 Å². The van der Waals surface area contributed by atoms with Gasteiger partial charge in [0.1, 0.15) is 5.82 Å². The molecule has 1 fully saturated rings. The van der Waals surface area contributed by atoms with Gasteiger partial charge in [0.2, 0.25) is 0 Å². The smallest absolute Gasteiger partial charge is 0.313 e. The van der Waals surface area contributed by atoms with Gasteiger partial charge < -0.3 is 10.8 Å². The molecule has 0 saturated heterocycles. The molecule has 0 spiro atoms. The summed E-state index contributed by atoms with van der Waals surface area (Å²) < 4.78 is 13.2. The molecule has 100 valence electrons. The Labute approximate surface area is 109 Å². The van der Waals surface area contributed by atoms with Gasteiger partial charge in [0.15, 0.2) is 5.75 Å². The Morgan fingerprint density at radius 3 is 2.56 bits per heavy atom. The number of phenols is 1. The predicted molar refractivity (Wildman–Crippen MR) is 66.2 cm³/mol. The molecule has 0 amide bonds. The molecule has 1 aliphatic carbocycles. The first kappa shape index (κ1) is 14.7. The number of rotatable bonds is 3. The Balaban J connectivity index is 0.00000162. The van der Waals surface area contributed by atoms with Gasteiger partial charge in [0.05, 0.1) is 11.0 Å². The molecular formula is C11H14ClFN2O3. The molecule has 1 aromatic rings. The van der Waals surface area contributed by atoms with E-state index in [1.165, 1.54) is 0 Å². The van der Waals surface area contributed by atoms with Crippen molar-refractivity contribution in [2.75, 3.05) is 0 Å². The third-order valence-electron chi connectivity index (χ3n) is 3.30. The lowest BCUT2D eigenvalue weighted by atomic mass is 9.77. The van der Waals surface area contributed by atoms with Gasteiger partial charge in [0, 0.05) is 11.6 Å². The first-order valence-electron chi connectivity index (χ1n) is 5.43. The Morgan fingerprint density at radius 2 is 2.11 bits per heavy atom. The van der Waals surface area contributed by atoms with Crippen molar-refractivity contribution >= 4 is 18.1 Å². The lowest BCUT2D eigenvalue weighted by Gasteiger charge is -2.31. The van der Waals surface area contributed by atoms with Crippen LogP contribution in [0.15, 0.2) is 12.1 Å². The maximum Gasteiger partial charge on any atom is 0.313 e. The van der Waals surface area contributed by atoms with Crippen molar-refractivity contribution in [2.24, 2.45) is 11.7 Å². The normalized spacial score (nSPS) is 16.6. The number of benzene rings is 1. The van der Waals surface area contributed by atoms with Crippen molar-refractivity contribution in [1.82, 2.24) is 0 Å². The summed E-state index contributed by atoms with van der Waals surface area (Å²) in [6, 6.07) is 1.23. The third kappa shape index (κ3) is 2.54. The predicted octanol–water partition coefficient (Wildman–Crippen LogP) is 2.66. The summed E-state index contributed by atoms with van der Waals surface area (Å²) in [6.45, 7) is 0. The summed E-state index contributed by atoms with van der Waals surface area (Å²) in [5, 5.41) is 20.4. The van der Waals surface area contributed by atoms with Crippen molar-refractivity contribution in [3.8, 4) is 5.75 Å². The van der Waals surface area contributed by atoms with E-state index in [0.29, 0.717) is 6.07 Å². The number of hydrogen-bond donors (Lipinski definition) is 2. The number of nitrogens with two attached hydrogens (primary N) is 1. The van der Waals surface area contributed by atoms with Gasteiger partial charge in [-0.3, -0.25) is 10.1 Å². The zero-order valence-electron chi connectivity index (χ0n) is 9.51. The number of hydrogen-bond acceptors (Lipinski definition) is 4. The number of aromatic hydroxyl groups is 1. The monoisotopic (exact) mass is 276 g/mol. The number of nitro benzene ring substituents is 1. The second kappa shape index (κ2) is 5.49. The molecule has 0 heterocycles. The maximum absolute atomic E-state index is 13.2. The van der Waals surface area contributed by atoms with Crippen LogP contribution in [0, 0.1) is 21.8 Å². The molecule has 0 aliphatic heterocycles. The first-order valence-corrected chi connectivity index (χ1v) is 5.43. The highest BCUT2D eigenvalue weighted by molar-refractivity contribution is 5.85. The van der Waals surface area contributed by atoms with E-state index in [2.05, 4.69) is 0 Å². The highest BCUT2D eigenvalue weighted by Crippen LogP contribution is 2.42. The van der Waals surface area contributed by atoms with Gasteiger partial charge in [-0.15, -0.1) is 12.4 Å². The van der Waals surface area contributed by atoms with Crippen LogP contribution in [0.2, 0.25) is 0 Å². The van der Waals surface area contributed by atoms with Gasteiger partial charge in [-0.1, -0.05) is 6.42 Å². The highest BCUT2D eigenvalue weighted by atomic mass is 35.5. The standard InChI is InChI=1S/C11H13FN2O3.ClH/c12-7-4-8(10(13)6-2-1-3-6)11(15)9(5-7)14(16)17;/h4-6,10,15H,1-3,13H2;1H/t10-;/m0./s1. The van der Waals surface area contributed by atoms with E-state index in [1.807, 2.05) is 0 Å². The van der Waals surface area contributed by atoms with Crippen LogP contribution >= 0.6 is 12.4 Å². The molecule has 1 saturated carbocycles. The Morgan fingerprint density at radius 1 is 1.50 bits per heavy atom. The molecule has 0 bridgehead atoms. The van der Waals surface area contributed by atoms with Gasteiger partial charge in [0.25, 0.3) is 0 Å². The average molecular weight is 277 g/mol. The summed E-state index contributed by atoms with van der Waals surface area (Å²) in [6.07, 6.45) is 2.87. The number of phenolic OH excluding ortho intramolecular Hbond substituents is 1. The zero-order valence-corrected chi connectivity index (χ0v) is 10.3. The van der Waals surface area contributed by atoms with E-state index in [0.717, 1.165) is 25.3 Å². The molecule has 3 N–H and O–H groups in total. The van der Waals surface area contributed by atoms with Crippen molar-refractivity contribution in [3.05, 3.63) is 33.6 Å². The topological polar surface area (TPSA) is 89.4 Å². The Hall–Kier alpha value is -1.40. The molecule has 0 unspecified atom stereocenters. The van der Waals surface area contributed by atoms with Crippen LogP contribution in [-0.2, 0) is 0 Å². The van der Waals surface area contributed by atoms with E-state index in [9.17, 15) is 19.6 Å². The summed E-state index contributed by atoms with van der Waals surface area (Å²) in [4.78, 5) is 9.83. The van der Waals surface area contributed by atoms with E-state index < -0.39 is 28.2 Å². The first-order chi connectivity index (χ1) is 8.00. The molecule has 0 radical (unpaired) electrons. The molecule has 1 aliphatic rings. The van der Waals surface area contributed by atoms with Gasteiger partial charge in [-0.25, -0.2) is 4.39 Å². The van der Waals surface area contributed by atoms with Crippen LogP contribution in [0.4, 0.5) is 10.1 Å². The van der Waals surface area contributed by atoms with Crippen LogP contribution in [0.1, 0.15) is 30.9 Å². The van der Waals surface area contributed by atoms with Crippen LogP contribution in [-0.4, -0.2) is 10.0 Å². The number of halogens is 2. The Kier molecular flexibility index (Phi) is 4.48. The minimum atomic E-state index is -0.810. The molecule has 0 aromatic heterocycles. The van der Waals surface area contributed by atoms with Crippen molar-refractivity contribution in [2.45, 2.75) is 25.3 Å². The van der Waals surface area contributed by atoms with Gasteiger partial charge in [-0.05, 0) is 24.8 Å². The van der Waals surface area contributed by atoms with E-state index in [4.69, 9.17) is 5.73 Å². The molecule has 1 aromatic carbocycles. The fourth-order valence-corrected chi connectivity index (χ4v) is 2.05. The zero-order chi connectivity index (χ0) is 12.6.